The van der Waals surface area contributed by atoms with E-state index in [0.717, 1.165) is 26.7 Å². The lowest BCUT2D eigenvalue weighted by molar-refractivity contribution is -0.118. The number of nitrogens with one attached hydrogen (secondary N) is 1. The maximum absolute atomic E-state index is 12.3. The molecule has 0 aliphatic heterocycles. The van der Waals surface area contributed by atoms with Crippen molar-refractivity contribution < 1.29 is 14.3 Å². The molecule has 1 heterocycles. The number of nitrogens with zero attached hydrogens (tertiary/aromatic N) is 2. The van der Waals surface area contributed by atoms with Crippen molar-refractivity contribution in [3.05, 3.63) is 91.7 Å². The van der Waals surface area contributed by atoms with E-state index >= 15 is 0 Å². The first-order valence-electron chi connectivity index (χ1n) is 10.8. The number of benzene rings is 3. The molecule has 0 saturated carbocycles. The van der Waals surface area contributed by atoms with Crippen LogP contribution in [0.2, 0.25) is 10.0 Å². The molecule has 0 bridgehead atoms. The van der Waals surface area contributed by atoms with E-state index in [1.807, 2.05) is 60.0 Å². The Balaban J connectivity index is 1.30. The minimum absolute atomic E-state index is 0.190. The van der Waals surface area contributed by atoms with E-state index in [9.17, 15) is 4.79 Å². The molecule has 0 atom stereocenters. The maximum atomic E-state index is 12.3. The number of halogens is 3. The van der Waals surface area contributed by atoms with E-state index in [1.54, 1.807) is 19.4 Å². The van der Waals surface area contributed by atoms with Crippen LogP contribution in [0.1, 0.15) is 11.1 Å². The van der Waals surface area contributed by atoms with E-state index in [0.29, 0.717) is 32.6 Å². The summed E-state index contributed by atoms with van der Waals surface area (Å²) in [6.45, 7) is 0.355. The van der Waals surface area contributed by atoms with Gasteiger partial charge in [0.15, 0.2) is 15.8 Å². The summed E-state index contributed by atoms with van der Waals surface area (Å²) in [5.41, 5.74) is 6.07. The largest absolute Gasteiger partial charge is 0.493 e. The maximum Gasteiger partial charge on any atom is 0.250 e. The molecule has 37 heavy (non-hydrogen) atoms. The lowest BCUT2D eigenvalue weighted by Gasteiger charge is -2.13. The van der Waals surface area contributed by atoms with E-state index < -0.39 is 0 Å². The predicted octanol–water partition coefficient (Wildman–Crippen LogP) is 7.71. The summed E-state index contributed by atoms with van der Waals surface area (Å²) in [5.74, 6) is 1.05. The first-order chi connectivity index (χ1) is 17.9. The molecule has 3 aromatic carbocycles. The molecule has 0 fully saturated rings. The topological polar surface area (TPSA) is 72.8 Å². The molecule has 1 N–H and O–H groups in total. The molecule has 0 spiro atoms. The van der Waals surface area contributed by atoms with Gasteiger partial charge in [-0.15, -0.1) is 11.3 Å². The normalized spacial score (nSPS) is 11.0. The number of ether oxygens (including phenoxy) is 2. The zero-order valence-corrected chi connectivity index (χ0v) is 24.1. The summed E-state index contributed by atoms with van der Waals surface area (Å²) in [6.07, 6.45) is 1.54. The number of carbonyl (C=O) groups excluding carboxylic acids is 1. The van der Waals surface area contributed by atoms with Gasteiger partial charge in [-0.1, -0.05) is 59.2 Å². The minimum Gasteiger partial charge on any atom is -0.493 e. The molecule has 0 saturated heterocycles. The van der Waals surface area contributed by atoms with Crippen LogP contribution >= 0.6 is 62.2 Å². The molecule has 1 aromatic heterocycles. The quantitative estimate of drug-likeness (QED) is 0.110. The molecule has 11 heteroatoms. The average molecular weight is 637 g/mol. The molecular formula is C26H20BrCl2N3O3S2. The molecule has 0 unspecified atom stereocenters. The van der Waals surface area contributed by atoms with Gasteiger partial charge < -0.3 is 9.47 Å². The highest BCUT2D eigenvalue weighted by atomic mass is 79.9. The molecule has 0 aliphatic carbocycles. The van der Waals surface area contributed by atoms with Gasteiger partial charge in [-0.2, -0.15) is 5.10 Å². The fourth-order valence-electron chi connectivity index (χ4n) is 3.11. The minimum atomic E-state index is -0.238. The molecule has 6 nitrogen and oxygen atoms in total. The van der Waals surface area contributed by atoms with Crippen LogP contribution in [0.4, 0.5) is 0 Å². The van der Waals surface area contributed by atoms with Gasteiger partial charge in [0, 0.05) is 21.0 Å². The zero-order chi connectivity index (χ0) is 26.2. The number of aromatic nitrogens is 1. The molecule has 4 aromatic rings. The van der Waals surface area contributed by atoms with Crippen molar-refractivity contribution in [1.29, 1.82) is 0 Å². The van der Waals surface area contributed by atoms with Crippen LogP contribution < -0.4 is 14.9 Å². The molecule has 190 valence electrons. The summed E-state index contributed by atoms with van der Waals surface area (Å²) in [7, 11) is 1.56. The molecule has 0 radical (unpaired) electrons. The first-order valence-corrected chi connectivity index (χ1v) is 14.2. The van der Waals surface area contributed by atoms with Gasteiger partial charge in [-0.05, 0) is 63.5 Å². The molecule has 4 rings (SSSR count). The van der Waals surface area contributed by atoms with Crippen molar-refractivity contribution in [2.24, 2.45) is 5.10 Å². The van der Waals surface area contributed by atoms with Gasteiger partial charge in [-0.25, -0.2) is 10.4 Å². The lowest BCUT2D eigenvalue weighted by Crippen LogP contribution is -2.19. The highest BCUT2D eigenvalue weighted by Gasteiger charge is 2.12. The SMILES string of the molecule is COc1cc(/C=N/NC(=O)CSc2nc(-c3ccc(Cl)cc3)cs2)cc(Br)c1OCc1ccc(Cl)cc1. The van der Waals surface area contributed by atoms with E-state index in [-0.39, 0.29) is 11.7 Å². The van der Waals surface area contributed by atoms with Crippen LogP contribution in [0.15, 0.2) is 80.0 Å². The fraction of sp³-hybridized carbons (Fsp3) is 0.115. The van der Waals surface area contributed by atoms with Crippen LogP contribution in [-0.2, 0) is 11.4 Å². The summed E-state index contributed by atoms with van der Waals surface area (Å²) < 4.78 is 12.9. The van der Waals surface area contributed by atoms with Crippen molar-refractivity contribution in [3.63, 3.8) is 0 Å². The van der Waals surface area contributed by atoms with Crippen molar-refractivity contribution >= 4 is 74.4 Å². The van der Waals surface area contributed by atoms with Gasteiger partial charge in [0.1, 0.15) is 6.61 Å². The lowest BCUT2D eigenvalue weighted by atomic mass is 10.2. The number of hydrazone groups is 1. The van der Waals surface area contributed by atoms with Gasteiger partial charge in [0.25, 0.3) is 5.91 Å². The third kappa shape index (κ3) is 7.96. The van der Waals surface area contributed by atoms with Crippen LogP contribution in [-0.4, -0.2) is 30.0 Å². The van der Waals surface area contributed by atoms with Crippen LogP contribution in [0.25, 0.3) is 11.3 Å². The Morgan fingerprint density at radius 1 is 1.14 bits per heavy atom. The van der Waals surface area contributed by atoms with Crippen molar-refractivity contribution in [2.45, 2.75) is 10.9 Å². The molecule has 1 amide bonds. The van der Waals surface area contributed by atoms with Gasteiger partial charge in [0.05, 0.1) is 29.2 Å². The number of thiazole rings is 1. The second-order valence-electron chi connectivity index (χ2n) is 7.54. The number of thioether (sulfide) groups is 1. The van der Waals surface area contributed by atoms with Gasteiger partial charge >= 0.3 is 0 Å². The number of carbonyl (C=O) groups is 1. The fourth-order valence-corrected chi connectivity index (χ4v) is 5.56. The highest BCUT2D eigenvalue weighted by Crippen LogP contribution is 2.37. The van der Waals surface area contributed by atoms with Crippen molar-refractivity contribution in [2.75, 3.05) is 12.9 Å². The summed E-state index contributed by atoms with van der Waals surface area (Å²) in [6, 6.07) is 18.5. The zero-order valence-electron chi connectivity index (χ0n) is 19.4. The van der Waals surface area contributed by atoms with E-state index in [1.165, 1.54) is 23.1 Å². The third-order valence-electron chi connectivity index (χ3n) is 4.90. The molecule has 0 aliphatic rings. The number of rotatable bonds is 10. The van der Waals surface area contributed by atoms with Crippen LogP contribution in [0, 0.1) is 0 Å². The molecular weight excluding hydrogens is 617 g/mol. The Morgan fingerprint density at radius 3 is 2.54 bits per heavy atom. The average Bonchev–Trinajstić information content (AvgIpc) is 3.37. The Bertz CT molecular complexity index is 1400. The Morgan fingerprint density at radius 2 is 1.84 bits per heavy atom. The first kappa shape index (κ1) is 27.5. The summed E-state index contributed by atoms with van der Waals surface area (Å²) in [4.78, 5) is 16.8. The number of hydrogen-bond donors (Lipinski definition) is 1. The van der Waals surface area contributed by atoms with E-state index in [2.05, 4.69) is 31.4 Å². The van der Waals surface area contributed by atoms with Gasteiger partial charge in [-0.3, -0.25) is 4.79 Å². The number of amides is 1. The second kappa shape index (κ2) is 13.3. The summed E-state index contributed by atoms with van der Waals surface area (Å²) >= 11 is 18.2. The Hall–Kier alpha value is -2.56. The number of hydrogen-bond acceptors (Lipinski definition) is 7. The van der Waals surface area contributed by atoms with Crippen molar-refractivity contribution in [3.8, 4) is 22.8 Å². The van der Waals surface area contributed by atoms with Gasteiger partial charge in [0.2, 0.25) is 0 Å². The van der Waals surface area contributed by atoms with Crippen molar-refractivity contribution in [1.82, 2.24) is 10.4 Å². The monoisotopic (exact) mass is 635 g/mol. The Labute approximate surface area is 241 Å². The Kier molecular flexibility index (Phi) is 9.88. The number of methoxy groups -OCH3 is 1. The standard InChI is InChI=1S/C26H20BrCl2N3O3S2/c1-34-23-11-17(10-21(27)25(23)35-13-16-2-6-19(28)7-3-16)12-30-32-24(33)15-37-26-31-22(14-36-26)18-4-8-20(29)9-5-18/h2-12,14H,13,15H2,1H3,(H,32,33)/b30-12+. The third-order valence-corrected chi connectivity index (χ3v) is 8.01. The van der Waals surface area contributed by atoms with E-state index in [4.69, 9.17) is 32.7 Å². The second-order valence-corrected chi connectivity index (χ2v) is 11.3. The van der Waals surface area contributed by atoms with Crippen LogP contribution in [0.5, 0.6) is 11.5 Å². The predicted molar refractivity (Wildman–Crippen MR) is 155 cm³/mol. The smallest absolute Gasteiger partial charge is 0.250 e. The van der Waals surface area contributed by atoms with Crippen LogP contribution in [0.3, 0.4) is 0 Å². The summed E-state index contributed by atoms with van der Waals surface area (Å²) in [5, 5.41) is 7.37. The highest BCUT2D eigenvalue weighted by molar-refractivity contribution is 9.10.